The summed E-state index contributed by atoms with van der Waals surface area (Å²) < 4.78 is 35.4. The third-order valence-corrected chi connectivity index (χ3v) is 5.77. The average molecular weight is 371 g/mol. The lowest BCUT2D eigenvalue weighted by atomic mass is 10.1. The molecule has 140 valence electrons. The first-order valence-corrected chi connectivity index (χ1v) is 9.96. The molecule has 1 aliphatic heterocycles. The number of carbonyl (C=O) groups excluding carboxylic acids is 1. The predicted octanol–water partition coefficient (Wildman–Crippen LogP) is 0.441. The zero-order chi connectivity index (χ0) is 18.3. The molecule has 0 aliphatic carbocycles. The zero-order valence-electron chi connectivity index (χ0n) is 14.3. The van der Waals surface area contributed by atoms with Crippen LogP contribution in [-0.2, 0) is 24.1 Å². The van der Waals surface area contributed by atoms with Crippen molar-refractivity contribution in [2.45, 2.75) is 36.8 Å². The van der Waals surface area contributed by atoms with E-state index in [1.54, 1.807) is 24.3 Å². The number of aliphatic hydroxyl groups excluding tert-OH is 1. The zero-order valence-corrected chi connectivity index (χ0v) is 15.1. The number of hydrogen-bond donors (Lipinski definition) is 2. The summed E-state index contributed by atoms with van der Waals surface area (Å²) in [7, 11) is -3.50. The second-order valence-corrected chi connectivity index (χ2v) is 8.16. The molecule has 0 saturated carbocycles. The fourth-order valence-electron chi connectivity index (χ4n) is 2.63. The molecule has 1 fully saturated rings. The molecule has 7 nitrogen and oxygen atoms in total. The van der Waals surface area contributed by atoms with E-state index in [-0.39, 0.29) is 48.3 Å². The molecule has 0 aromatic heterocycles. The van der Waals surface area contributed by atoms with E-state index in [0.717, 1.165) is 5.56 Å². The molecule has 2 N–H and O–H groups in total. The summed E-state index contributed by atoms with van der Waals surface area (Å²) in [6.45, 7) is 2.83. The van der Waals surface area contributed by atoms with Crippen LogP contribution in [0.1, 0.15) is 18.4 Å². The Morgan fingerprint density at radius 3 is 2.76 bits per heavy atom. The van der Waals surface area contributed by atoms with Crippen LogP contribution in [0, 0.1) is 6.92 Å². The molecule has 1 amide bonds. The van der Waals surface area contributed by atoms with Crippen LogP contribution in [0.25, 0.3) is 0 Å². The largest absolute Gasteiger partial charge is 0.394 e. The van der Waals surface area contributed by atoms with Gasteiger partial charge in [0, 0.05) is 13.0 Å². The number of carbonyl (C=O) groups is 1. The normalized spacial score (nSPS) is 21.0. The van der Waals surface area contributed by atoms with Crippen molar-refractivity contribution < 1.29 is 27.8 Å². The van der Waals surface area contributed by atoms with Gasteiger partial charge in [0.2, 0.25) is 5.91 Å². The van der Waals surface area contributed by atoms with Crippen molar-refractivity contribution >= 4 is 15.7 Å². The second kappa shape index (κ2) is 9.28. The highest BCUT2D eigenvalue weighted by Crippen LogP contribution is 2.14. The molecular weight excluding hydrogens is 346 g/mol. The Morgan fingerprint density at radius 2 is 2.08 bits per heavy atom. The van der Waals surface area contributed by atoms with E-state index in [1.165, 1.54) is 0 Å². The molecule has 1 heterocycles. The topological polar surface area (TPSA) is 102 Å². The predicted molar refractivity (Wildman–Crippen MR) is 92.0 cm³/mol. The molecule has 1 aromatic rings. The Labute approximate surface area is 148 Å². The Balaban J connectivity index is 1.87. The van der Waals surface area contributed by atoms with Crippen molar-refractivity contribution in [3.05, 3.63) is 29.8 Å². The molecule has 1 aliphatic rings. The summed E-state index contributed by atoms with van der Waals surface area (Å²) in [5, 5.41) is 11.6. The van der Waals surface area contributed by atoms with Gasteiger partial charge in [-0.3, -0.25) is 4.79 Å². The third kappa shape index (κ3) is 6.07. The maximum absolute atomic E-state index is 12.3. The number of rotatable bonds is 8. The minimum Gasteiger partial charge on any atom is -0.394 e. The molecule has 1 saturated heterocycles. The minimum atomic E-state index is -3.50. The van der Waals surface area contributed by atoms with Gasteiger partial charge in [0.25, 0.3) is 0 Å². The first-order chi connectivity index (χ1) is 11.9. The number of benzene rings is 1. The Hall–Kier alpha value is -1.48. The molecule has 1 aromatic carbocycles. The van der Waals surface area contributed by atoms with Gasteiger partial charge in [-0.05, 0) is 25.5 Å². The molecule has 25 heavy (non-hydrogen) atoms. The van der Waals surface area contributed by atoms with Crippen molar-refractivity contribution in [2.75, 3.05) is 32.2 Å². The van der Waals surface area contributed by atoms with Gasteiger partial charge in [-0.25, -0.2) is 8.42 Å². The maximum Gasteiger partial charge on any atom is 0.221 e. The summed E-state index contributed by atoms with van der Waals surface area (Å²) in [6, 6.07) is 6.23. The number of ether oxygens (including phenoxy) is 2. The maximum atomic E-state index is 12.3. The summed E-state index contributed by atoms with van der Waals surface area (Å²) in [5.74, 6) is -0.610. The van der Waals surface area contributed by atoms with Crippen LogP contribution in [0.5, 0.6) is 0 Å². The van der Waals surface area contributed by atoms with Gasteiger partial charge in [0.05, 0.1) is 42.6 Å². The van der Waals surface area contributed by atoms with Gasteiger partial charge in [0.15, 0.2) is 9.84 Å². The van der Waals surface area contributed by atoms with E-state index in [2.05, 4.69) is 5.32 Å². The van der Waals surface area contributed by atoms with Crippen LogP contribution < -0.4 is 5.32 Å². The highest BCUT2D eigenvalue weighted by molar-refractivity contribution is 7.91. The van der Waals surface area contributed by atoms with Gasteiger partial charge >= 0.3 is 0 Å². The molecule has 0 spiro atoms. The fraction of sp³-hybridized carbons (Fsp3) is 0.588. The smallest absolute Gasteiger partial charge is 0.221 e. The first kappa shape index (κ1) is 19.8. The van der Waals surface area contributed by atoms with E-state index in [4.69, 9.17) is 14.6 Å². The minimum absolute atomic E-state index is 0.0905. The summed E-state index contributed by atoms with van der Waals surface area (Å²) in [5.41, 5.74) is 0.975. The van der Waals surface area contributed by atoms with E-state index >= 15 is 0 Å². The lowest BCUT2D eigenvalue weighted by molar-refractivity contribution is -0.126. The molecule has 0 bridgehead atoms. The van der Waals surface area contributed by atoms with E-state index in [0.29, 0.717) is 19.6 Å². The van der Waals surface area contributed by atoms with E-state index in [9.17, 15) is 13.2 Å². The molecule has 0 radical (unpaired) electrons. The lowest BCUT2D eigenvalue weighted by Crippen LogP contribution is -2.51. The van der Waals surface area contributed by atoms with Crippen LogP contribution in [0.2, 0.25) is 0 Å². The molecule has 8 heteroatoms. The standard InChI is InChI=1S/C17H25NO6S/c1-13-2-4-14(5-3-13)25(21,22)11-7-17(20)18-15-12-23-9-6-16(15)24-10-8-19/h2-5,15-16,19H,6-12H2,1H3,(H,18,20)/t15-,16+/m1/s1. The second-order valence-electron chi connectivity index (χ2n) is 6.05. The van der Waals surface area contributed by atoms with Crippen molar-refractivity contribution in [3.63, 3.8) is 0 Å². The van der Waals surface area contributed by atoms with Crippen LogP contribution >= 0.6 is 0 Å². The number of sulfone groups is 1. The first-order valence-electron chi connectivity index (χ1n) is 8.31. The monoisotopic (exact) mass is 371 g/mol. The Kier molecular flexibility index (Phi) is 7.37. The van der Waals surface area contributed by atoms with Crippen LogP contribution in [0.15, 0.2) is 29.2 Å². The molecular formula is C17H25NO6S. The lowest BCUT2D eigenvalue weighted by Gasteiger charge is -2.32. The van der Waals surface area contributed by atoms with Crippen LogP contribution in [0.3, 0.4) is 0 Å². The summed E-state index contributed by atoms with van der Waals surface area (Å²) in [6.07, 6.45) is 0.255. The summed E-state index contributed by atoms with van der Waals surface area (Å²) in [4.78, 5) is 12.3. The Bertz CT molecular complexity index is 658. The van der Waals surface area contributed by atoms with Gasteiger partial charge in [0.1, 0.15) is 0 Å². The molecule has 2 rings (SSSR count). The number of hydrogen-bond acceptors (Lipinski definition) is 6. The summed E-state index contributed by atoms with van der Waals surface area (Å²) >= 11 is 0. The number of aliphatic hydroxyl groups is 1. The fourth-order valence-corrected chi connectivity index (χ4v) is 3.87. The number of aryl methyl sites for hydroxylation is 1. The number of nitrogens with one attached hydrogen (secondary N) is 1. The highest BCUT2D eigenvalue weighted by atomic mass is 32.2. The molecule has 2 atom stereocenters. The van der Waals surface area contributed by atoms with Crippen molar-refractivity contribution in [2.24, 2.45) is 0 Å². The SMILES string of the molecule is Cc1ccc(S(=O)(=O)CCC(=O)N[C@@H]2COCC[C@@H]2OCCO)cc1. The third-order valence-electron chi connectivity index (χ3n) is 4.04. The van der Waals surface area contributed by atoms with Crippen molar-refractivity contribution in [3.8, 4) is 0 Å². The average Bonchev–Trinajstić information content (AvgIpc) is 2.60. The highest BCUT2D eigenvalue weighted by Gasteiger charge is 2.28. The van der Waals surface area contributed by atoms with E-state index in [1.807, 2.05) is 6.92 Å². The van der Waals surface area contributed by atoms with E-state index < -0.39 is 9.84 Å². The number of amides is 1. The quantitative estimate of drug-likeness (QED) is 0.688. The van der Waals surface area contributed by atoms with Gasteiger partial charge in [-0.1, -0.05) is 17.7 Å². The van der Waals surface area contributed by atoms with Gasteiger partial charge < -0.3 is 19.9 Å². The Morgan fingerprint density at radius 1 is 1.36 bits per heavy atom. The van der Waals surface area contributed by atoms with Crippen LogP contribution in [-0.4, -0.2) is 63.8 Å². The van der Waals surface area contributed by atoms with Crippen molar-refractivity contribution in [1.29, 1.82) is 0 Å². The van der Waals surface area contributed by atoms with Gasteiger partial charge in [-0.2, -0.15) is 0 Å². The van der Waals surface area contributed by atoms with Gasteiger partial charge in [-0.15, -0.1) is 0 Å². The van der Waals surface area contributed by atoms with Crippen LogP contribution in [0.4, 0.5) is 0 Å². The molecule has 0 unspecified atom stereocenters. The van der Waals surface area contributed by atoms with Crippen molar-refractivity contribution in [1.82, 2.24) is 5.32 Å².